The second-order valence-electron chi connectivity index (χ2n) is 6.74. The van der Waals surface area contributed by atoms with Crippen molar-refractivity contribution in [1.29, 1.82) is 0 Å². The van der Waals surface area contributed by atoms with Crippen LogP contribution in [-0.4, -0.2) is 49.0 Å². The molecule has 2 atom stereocenters. The van der Waals surface area contributed by atoms with E-state index in [9.17, 15) is 0 Å². The van der Waals surface area contributed by atoms with E-state index in [4.69, 9.17) is 9.47 Å². The highest BCUT2D eigenvalue weighted by atomic mass is 32.2. The number of hydrogen-bond donors (Lipinski definition) is 1. The summed E-state index contributed by atoms with van der Waals surface area (Å²) in [4.78, 5) is 0. The fourth-order valence-corrected chi connectivity index (χ4v) is 5.22. The summed E-state index contributed by atoms with van der Waals surface area (Å²) in [7, 11) is 0. The van der Waals surface area contributed by atoms with Gasteiger partial charge in [-0.05, 0) is 62.9 Å². The normalized spacial score (nSPS) is 33.1. The predicted octanol–water partition coefficient (Wildman–Crippen LogP) is 2.84. The Labute approximate surface area is 127 Å². The molecule has 0 saturated carbocycles. The van der Waals surface area contributed by atoms with E-state index in [0.29, 0.717) is 12.1 Å². The van der Waals surface area contributed by atoms with Gasteiger partial charge in [0.25, 0.3) is 0 Å². The molecule has 0 aromatic carbocycles. The summed E-state index contributed by atoms with van der Waals surface area (Å²) >= 11 is 2.09. The van der Waals surface area contributed by atoms with E-state index >= 15 is 0 Å². The van der Waals surface area contributed by atoms with Crippen molar-refractivity contribution >= 4 is 11.8 Å². The molecule has 3 fully saturated rings. The summed E-state index contributed by atoms with van der Waals surface area (Å²) in [5, 5.41) is 3.92. The van der Waals surface area contributed by atoms with Crippen molar-refractivity contribution < 1.29 is 9.47 Å². The van der Waals surface area contributed by atoms with Crippen molar-refractivity contribution in [1.82, 2.24) is 5.32 Å². The summed E-state index contributed by atoms with van der Waals surface area (Å²) in [6, 6.07) is 1.28. The predicted molar refractivity (Wildman–Crippen MR) is 84.4 cm³/mol. The molecule has 3 aliphatic heterocycles. The van der Waals surface area contributed by atoms with Crippen molar-refractivity contribution in [3.63, 3.8) is 0 Å². The highest BCUT2D eigenvalue weighted by Gasteiger charge is 2.39. The van der Waals surface area contributed by atoms with E-state index in [0.717, 1.165) is 25.7 Å². The molecular formula is C16H29NO2S. The number of ether oxygens (including phenoxy) is 2. The van der Waals surface area contributed by atoms with Crippen molar-refractivity contribution in [2.75, 3.05) is 31.3 Å². The third-order valence-electron chi connectivity index (χ3n) is 5.37. The molecular weight excluding hydrogens is 270 g/mol. The molecule has 0 aliphatic carbocycles. The summed E-state index contributed by atoms with van der Waals surface area (Å²) in [6.45, 7) is 5.22. The van der Waals surface area contributed by atoms with Crippen molar-refractivity contribution in [2.45, 2.75) is 63.1 Å². The number of nitrogens with one attached hydrogen (secondary N) is 1. The minimum Gasteiger partial charge on any atom is -0.381 e. The lowest BCUT2D eigenvalue weighted by Crippen LogP contribution is -2.52. The van der Waals surface area contributed by atoms with E-state index in [1.807, 2.05) is 0 Å². The fourth-order valence-electron chi connectivity index (χ4n) is 3.99. The van der Waals surface area contributed by atoms with E-state index in [2.05, 4.69) is 24.0 Å². The van der Waals surface area contributed by atoms with Gasteiger partial charge < -0.3 is 14.8 Å². The molecule has 3 heterocycles. The standard InChI is InChI=1S/C16H29NO2S/c1-13(14-2-7-18-8-3-14)17-15-4-9-19-16(12-15)5-10-20-11-6-16/h13-15,17H,2-12H2,1H3. The molecule has 3 rings (SSSR count). The molecule has 3 aliphatic rings. The van der Waals surface area contributed by atoms with Gasteiger partial charge in [-0.3, -0.25) is 0 Å². The largest absolute Gasteiger partial charge is 0.381 e. The molecule has 1 N–H and O–H groups in total. The fraction of sp³-hybridized carbons (Fsp3) is 1.00. The Hall–Kier alpha value is 0.230. The van der Waals surface area contributed by atoms with Crippen LogP contribution in [-0.2, 0) is 9.47 Å². The quantitative estimate of drug-likeness (QED) is 0.868. The highest BCUT2D eigenvalue weighted by molar-refractivity contribution is 7.99. The number of hydrogen-bond acceptors (Lipinski definition) is 4. The van der Waals surface area contributed by atoms with Crippen LogP contribution in [0.1, 0.15) is 45.4 Å². The second-order valence-corrected chi connectivity index (χ2v) is 7.96. The summed E-state index contributed by atoms with van der Waals surface area (Å²) in [5.41, 5.74) is 0.205. The van der Waals surface area contributed by atoms with Crippen molar-refractivity contribution in [2.24, 2.45) is 5.92 Å². The smallest absolute Gasteiger partial charge is 0.0713 e. The maximum absolute atomic E-state index is 6.19. The van der Waals surface area contributed by atoms with Gasteiger partial charge in [0.1, 0.15) is 0 Å². The first-order valence-corrected chi connectivity index (χ1v) is 9.48. The Kier molecular flexibility index (Phi) is 5.29. The van der Waals surface area contributed by atoms with E-state index in [-0.39, 0.29) is 5.60 Å². The monoisotopic (exact) mass is 299 g/mol. The van der Waals surface area contributed by atoms with Crippen molar-refractivity contribution in [3.05, 3.63) is 0 Å². The molecule has 0 aromatic heterocycles. The third-order valence-corrected chi connectivity index (χ3v) is 6.35. The zero-order chi connectivity index (χ0) is 13.8. The summed E-state index contributed by atoms with van der Waals surface area (Å²) < 4.78 is 11.7. The average Bonchev–Trinajstić information content (AvgIpc) is 2.49. The van der Waals surface area contributed by atoms with Crippen LogP contribution in [0.4, 0.5) is 0 Å². The average molecular weight is 299 g/mol. The number of thioether (sulfide) groups is 1. The molecule has 0 bridgehead atoms. The van der Waals surface area contributed by atoms with Gasteiger partial charge in [-0.15, -0.1) is 0 Å². The summed E-state index contributed by atoms with van der Waals surface area (Å²) in [6.07, 6.45) is 7.35. The van der Waals surface area contributed by atoms with Gasteiger partial charge in [-0.25, -0.2) is 0 Å². The molecule has 20 heavy (non-hydrogen) atoms. The lowest BCUT2D eigenvalue weighted by molar-refractivity contribution is -0.0951. The lowest BCUT2D eigenvalue weighted by atomic mass is 9.84. The van der Waals surface area contributed by atoms with Crippen LogP contribution in [0.3, 0.4) is 0 Å². The Morgan fingerprint density at radius 2 is 1.85 bits per heavy atom. The maximum atomic E-state index is 6.19. The van der Waals surface area contributed by atoms with Crippen LogP contribution >= 0.6 is 11.8 Å². The van der Waals surface area contributed by atoms with Crippen molar-refractivity contribution in [3.8, 4) is 0 Å². The van der Waals surface area contributed by atoms with E-state index in [1.54, 1.807) is 0 Å². The topological polar surface area (TPSA) is 30.5 Å². The van der Waals surface area contributed by atoms with Crippen LogP contribution in [0.15, 0.2) is 0 Å². The van der Waals surface area contributed by atoms with Gasteiger partial charge in [-0.1, -0.05) is 0 Å². The molecule has 0 amide bonds. The van der Waals surface area contributed by atoms with Crippen LogP contribution in [0.2, 0.25) is 0 Å². The van der Waals surface area contributed by atoms with Gasteiger partial charge >= 0.3 is 0 Å². The molecule has 0 aromatic rings. The van der Waals surface area contributed by atoms with E-state index in [1.165, 1.54) is 50.0 Å². The molecule has 3 saturated heterocycles. The third kappa shape index (κ3) is 3.70. The molecule has 116 valence electrons. The minimum absolute atomic E-state index is 0.205. The van der Waals surface area contributed by atoms with Gasteiger partial charge in [-0.2, -0.15) is 11.8 Å². The first kappa shape index (κ1) is 15.1. The Morgan fingerprint density at radius 3 is 2.60 bits per heavy atom. The van der Waals surface area contributed by atoms with Gasteiger partial charge in [0, 0.05) is 31.9 Å². The first-order chi connectivity index (χ1) is 9.77. The second kappa shape index (κ2) is 6.99. The summed E-state index contributed by atoms with van der Waals surface area (Å²) in [5.74, 6) is 3.36. The van der Waals surface area contributed by atoms with E-state index < -0.39 is 0 Å². The lowest BCUT2D eigenvalue weighted by Gasteiger charge is -2.44. The molecule has 2 unspecified atom stereocenters. The molecule has 3 nitrogen and oxygen atoms in total. The minimum atomic E-state index is 0.205. The van der Waals surface area contributed by atoms with Gasteiger partial charge in [0.2, 0.25) is 0 Å². The van der Waals surface area contributed by atoms with Crippen LogP contribution < -0.4 is 5.32 Å². The SMILES string of the molecule is CC(NC1CCOC2(CCSCC2)C1)C1CCOCC1. The van der Waals surface area contributed by atoms with Gasteiger partial charge in [0.15, 0.2) is 0 Å². The Morgan fingerprint density at radius 1 is 1.10 bits per heavy atom. The number of rotatable bonds is 3. The molecule has 0 radical (unpaired) electrons. The first-order valence-electron chi connectivity index (χ1n) is 8.33. The van der Waals surface area contributed by atoms with Gasteiger partial charge in [0.05, 0.1) is 5.60 Å². The molecule has 1 spiro atoms. The highest BCUT2D eigenvalue weighted by Crippen LogP contribution is 2.37. The zero-order valence-corrected chi connectivity index (χ0v) is 13.6. The Bertz CT molecular complexity index is 295. The molecule has 4 heteroatoms. The zero-order valence-electron chi connectivity index (χ0n) is 12.7. The van der Waals surface area contributed by atoms with Crippen LogP contribution in [0, 0.1) is 5.92 Å². The Balaban J connectivity index is 1.51. The van der Waals surface area contributed by atoms with Crippen LogP contribution in [0.5, 0.6) is 0 Å². The van der Waals surface area contributed by atoms with Crippen LogP contribution in [0.25, 0.3) is 0 Å². The maximum Gasteiger partial charge on any atom is 0.0713 e.